The van der Waals surface area contributed by atoms with E-state index in [1.165, 1.54) is 18.2 Å². The molecule has 1 aromatic carbocycles. The number of benzene rings is 1. The zero-order valence-corrected chi connectivity index (χ0v) is 10.6. The van der Waals surface area contributed by atoms with Gasteiger partial charge in [0.1, 0.15) is 0 Å². The third-order valence-electron chi connectivity index (χ3n) is 2.68. The number of hydrogen-bond acceptors (Lipinski definition) is 3. The normalized spacial score (nSPS) is 10.6. The van der Waals surface area contributed by atoms with Crippen LogP contribution in [-0.2, 0) is 11.3 Å². The van der Waals surface area contributed by atoms with Crippen molar-refractivity contribution in [2.45, 2.75) is 6.54 Å². The van der Waals surface area contributed by atoms with Crippen molar-refractivity contribution in [2.75, 3.05) is 0 Å². The van der Waals surface area contributed by atoms with E-state index in [-0.39, 0.29) is 11.6 Å². The fourth-order valence-electron chi connectivity index (χ4n) is 1.68. The SMILES string of the molecule is O=C(/C=C/c1ccccc1[N+](=O)[O-])NCc1cc[nH]c1. The van der Waals surface area contributed by atoms with Gasteiger partial charge in [-0.15, -0.1) is 0 Å². The number of para-hydroxylation sites is 1. The number of aromatic nitrogens is 1. The first-order valence-electron chi connectivity index (χ1n) is 5.98. The van der Waals surface area contributed by atoms with Crippen molar-refractivity contribution >= 4 is 17.7 Å². The van der Waals surface area contributed by atoms with Crippen LogP contribution in [0.4, 0.5) is 5.69 Å². The number of H-pyrrole nitrogens is 1. The smallest absolute Gasteiger partial charge is 0.276 e. The van der Waals surface area contributed by atoms with E-state index in [0.29, 0.717) is 12.1 Å². The maximum absolute atomic E-state index is 11.6. The molecule has 0 spiro atoms. The highest BCUT2D eigenvalue weighted by Gasteiger charge is 2.09. The lowest BCUT2D eigenvalue weighted by molar-refractivity contribution is -0.385. The molecule has 2 N–H and O–H groups in total. The molecule has 1 amide bonds. The molecule has 0 radical (unpaired) electrons. The zero-order chi connectivity index (χ0) is 14.4. The summed E-state index contributed by atoms with van der Waals surface area (Å²) >= 11 is 0. The molecule has 2 aromatic rings. The molecular weight excluding hydrogens is 258 g/mol. The predicted octanol–water partition coefficient (Wildman–Crippen LogP) is 2.25. The minimum atomic E-state index is -0.475. The third kappa shape index (κ3) is 3.55. The van der Waals surface area contributed by atoms with E-state index in [9.17, 15) is 14.9 Å². The van der Waals surface area contributed by atoms with Crippen molar-refractivity contribution in [1.82, 2.24) is 10.3 Å². The average Bonchev–Trinajstić information content (AvgIpc) is 2.96. The highest BCUT2D eigenvalue weighted by Crippen LogP contribution is 2.18. The summed E-state index contributed by atoms with van der Waals surface area (Å²) in [7, 11) is 0. The van der Waals surface area contributed by atoms with Crippen LogP contribution in [0.15, 0.2) is 48.8 Å². The van der Waals surface area contributed by atoms with E-state index in [1.54, 1.807) is 30.6 Å². The number of aromatic amines is 1. The first-order valence-corrected chi connectivity index (χ1v) is 5.98. The van der Waals surface area contributed by atoms with Crippen LogP contribution in [0.3, 0.4) is 0 Å². The van der Waals surface area contributed by atoms with Crippen LogP contribution in [0, 0.1) is 10.1 Å². The van der Waals surface area contributed by atoms with Gasteiger partial charge in [0.05, 0.1) is 10.5 Å². The molecule has 2 rings (SSSR count). The number of carbonyl (C=O) groups excluding carboxylic acids is 1. The first-order chi connectivity index (χ1) is 9.66. The standard InChI is InChI=1S/C14H13N3O3/c18-14(16-10-11-7-8-15-9-11)6-5-12-3-1-2-4-13(12)17(19)20/h1-9,15H,10H2,(H,16,18)/b6-5+. The Morgan fingerprint density at radius 2 is 2.15 bits per heavy atom. The largest absolute Gasteiger partial charge is 0.367 e. The Morgan fingerprint density at radius 1 is 1.35 bits per heavy atom. The van der Waals surface area contributed by atoms with E-state index in [1.807, 2.05) is 6.07 Å². The first kappa shape index (κ1) is 13.5. The molecule has 0 aliphatic heterocycles. The molecule has 1 heterocycles. The number of carbonyl (C=O) groups is 1. The van der Waals surface area contributed by atoms with Gasteiger partial charge >= 0.3 is 0 Å². The second-order valence-corrected chi connectivity index (χ2v) is 4.09. The Bertz CT molecular complexity index is 633. The van der Waals surface area contributed by atoms with E-state index >= 15 is 0 Å². The Labute approximate surface area is 115 Å². The van der Waals surface area contributed by atoms with Crippen LogP contribution in [0.1, 0.15) is 11.1 Å². The second kappa shape index (κ2) is 6.33. The molecule has 0 atom stereocenters. The Kier molecular flexibility index (Phi) is 4.28. The molecule has 20 heavy (non-hydrogen) atoms. The minimum Gasteiger partial charge on any atom is -0.367 e. The second-order valence-electron chi connectivity index (χ2n) is 4.09. The quantitative estimate of drug-likeness (QED) is 0.496. The number of hydrogen-bond donors (Lipinski definition) is 2. The molecule has 0 fully saturated rings. The van der Waals surface area contributed by atoms with Gasteiger partial charge in [-0.2, -0.15) is 0 Å². The number of nitro benzene ring substituents is 1. The summed E-state index contributed by atoms with van der Waals surface area (Å²) in [5.74, 6) is -0.302. The van der Waals surface area contributed by atoms with Gasteiger partial charge in [0.25, 0.3) is 5.69 Å². The Hall–Kier alpha value is -2.89. The summed E-state index contributed by atoms with van der Waals surface area (Å²) in [6.45, 7) is 0.406. The lowest BCUT2D eigenvalue weighted by Crippen LogP contribution is -2.19. The molecule has 0 saturated carbocycles. The third-order valence-corrected chi connectivity index (χ3v) is 2.68. The van der Waals surface area contributed by atoms with Crippen molar-refractivity contribution in [3.63, 3.8) is 0 Å². The number of rotatable bonds is 5. The number of amides is 1. The van der Waals surface area contributed by atoms with Gasteiger partial charge in [0.2, 0.25) is 5.91 Å². The molecule has 6 nitrogen and oxygen atoms in total. The van der Waals surface area contributed by atoms with Crippen LogP contribution >= 0.6 is 0 Å². The van der Waals surface area contributed by atoms with Crippen LogP contribution in [-0.4, -0.2) is 15.8 Å². The topological polar surface area (TPSA) is 88.0 Å². The van der Waals surface area contributed by atoms with Crippen molar-refractivity contribution in [2.24, 2.45) is 0 Å². The van der Waals surface area contributed by atoms with E-state index in [0.717, 1.165) is 5.56 Å². The van der Waals surface area contributed by atoms with E-state index in [4.69, 9.17) is 0 Å². The fourth-order valence-corrected chi connectivity index (χ4v) is 1.68. The highest BCUT2D eigenvalue weighted by atomic mass is 16.6. The highest BCUT2D eigenvalue weighted by molar-refractivity contribution is 5.92. The number of nitrogens with one attached hydrogen (secondary N) is 2. The Balaban J connectivity index is 1.98. The predicted molar refractivity (Wildman–Crippen MR) is 74.8 cm³/mol. The molecule has 0 unspecified atom stereocenters. The van der Waals surface area contributed by atoms with E-state index < -0.39 is 4.92 Å². The van der Waals surface area contributed by atoms with Crippen LogP contribution in [0.25, 0.3) is 6.08 Å². The number of nitro groups is 1. The summed E-state index contributed by atoms with van der Waals surface area (Å²) in [4.78, 5) is 24.8. The van der Waals surface area contributed by atoms with Crippen molar-refractivity contribution in [3.05, 3.63) is 70.0 Å². The van der Waals surface area contributed by atoms with Gasteiger partial charge in [-0.25, -0.2) is 0 Å². The lowest BCUT2D eigenvalue weighted by atomic mass is 10.1. The molecule has 0 saturated heterocycles. The molecule has 0 aliphatic carbocycles. The lowest BCUT2D eigenvalue weighted by Gasteiger charge is -1.99. The summed E-state index contributed by atoms with van der Waals surface area (Å²) in [5.41, 5.74) is 1.33. The van der Waals surface area contributed by atoms with Crippen molar-refractivity contribution < 1.29 is 9.72 Å². The van der Waals surface area contributed by atoms with Gasteiger partial charge in [0.15, 0.2) is 0 Å². The molecule has 6 heteroatoms. The van der Waals surface area contributed by atoms with E-state index in [2.05, 4.69) is 10.3 Å². The summed E-state index contributed by atoms with van der Waals surface area (Å²) in [5, 5.41) is 13.5. The molecule has 1 aromatic heterocycles. The van der Waals surface area contributed by atoms with Crippen molar-refractivity contribution in [3.8, 4) is 0 Å². The molecule has 0 aliphatic rings. The van der Waals surface area contributed by atoms with Gasteiger partial charge in [-0.1, -0.05) is 12.1 Å². The average molecular weight is 271 g/mol. The van der Waals surface area contributed by atoms with Crippen LogP contribution in [0.5, 0.6) is 0 Å². The molecule has 0 bridgehead atoms. The number of nitrogens with zero attached hydrogens (tertiary/aromatic N) is 1. The maximum atomic E-state index is 11.6. The molecular formula is C14H13N3O3. The summed E-state index contributed by atoms with van der Waals surface area (Å²) in [6, 6.07) is 8.11. The Morgan fingerprint density at radius 3 is 2.85 bits per heavy atom. The van der Waals surface area contributed by atoms with Gasteiger partial charge < -0.3 is 10.3 Å². The maximum Gasteiger partial charge on any atom is 0.276 e. The van der Waals surface area contributed by atoms with Gasteiger partial charge in [-0.05, 0) is 23.8 Å². The van der Waals surface area contributed by atoms with Crippen LogP contribution in [0.2, 0.25) is 0 Å². The van der Waals surface area contributed by atoms with Crippen LogP contribution < -0.4 is 5.32 Å². The molecule has 102 valence electrons. The zero-order valence-electron chi connectivity index (χ0n) is 10.6. The van der Waals surface area contributed by atoms with Gasteiger partial charge in [0, 0.05) is 31.1 Å². The van der Waals surface area contributed by atoms with Gasteiger partial charge in [-0.3, -0.25) is 14.9 Å². The van der Waals surface area contributed by atoms with Crippen molar-refractivity contribution in [1.29, 1.82) is 0 Å². The fraction of sp³-hybridized carbons (Fsp3) is 0.0714. The minimum absolute atomic E-state index is 0.0258. The summed E-state index contributed by atoms with van der Waals surface area (Å²) in [6.07, 6.45) is 6.27. The monoisotopic (exact) mass is 271 g/mol. The summed E-state index contributed by atoms with van der Waals surface area (Å²) < 4.78 is 0.